The second kappa shape index (κ2) is 9.34. The van der Waals surface area contributed by atoms with E-state index in [1.54, 1.807) is 12.1 Å². The lowest BCUT2D eigenvalue weighted by molar-refractivity contribution is 0.191. The summed E-state index contributed by atoms with van der Waals surface area (Å²) in [4.78, 5) is 5.06. The van der Waals surface area contributed by atoms with Crippen LogP contribution in [0.2, 0.25) is 4.34 Å². The van der Waals surface area contributed by atoms with Gasteiger partial charge in [0.05, 0.1) is 16.6 Å². The Hall–Kier alpha value is -0.830. The Labute approximate surface area is 140 Å². The molecule has 0 saturated carbocycles. The van der Waals surface area contributed by atoms with E-state index in [4.69, 9.17) is 11.6 Å². The lowest BCUT2D eigenvalue weighted by Gasteiger charge is -2.12. The van der Waals surface area contributed by atoms with Gasteiger partial charge in [-0.2, -0.15) is 0 Å². The van der Waals surface area contributed by atoms with Gasteiger partial charge in [0.2, 0.25) is 0 Å². The SMILES string of the molecule is CCNC(=NCC(O)c1ccc(Cl)s1)NCCCS(C)(=O)=O. The fourth-order valence-corrected chi connectivity index (χ4v) is 3.36. The number of thiophene rings is 1. The third-order valence-electron chi connectivity index (χ3n) is 2.67. The summed E-state index contributed by atoms with van der Waals surface area (Å²) in [6, 6.07) is 3.52. The second-order valence-corrected chi connectivity index (χ2v) is 8.79. The number of hydrogen-bond acceptors (Lipinski definition) is 5. The number of aliphatic hydroxyl groups is 1. The molecule has 0 saturated heterocycles. The fraction of sp³-hybridized carbons (Fsp3) is 0.615. The normalized spacial score (nSPS) is 13.9. The van der Waals surface area contributed by atoms with Gasteiger partial charge in [0.1, 0.15) is 15.9 Å². The first kappa shape index (κ1) is 19.2. The van der Waals surface area contributed by atoms with Gasteiger partial charge in [0.25, 0.3) is 0 Å². The number of nitrogens with one attached hydrogen (secondary N) is 2. The van der Waals surface area contributed by atoms with E-state index in [2.05, 4.69) is 15.6 Å². The molecule has 0 fully saturated rings. The van der Waals surface area contributed by atoms with Crippen LogP contribution < -0.4 is 10.6 Å². The Morgan fingerprint density at radius 1 is 1.45 bits per heavy atom. The maximum absolute atomic E-state index is 11.1. The predicted molar refractivity (Wildman–Crippen MR) is 92.6 cm³/mol. The van der Waals surface area contributed by atoms with Crippen LogP contribution in [-0.4, -0.2) is 51.1 Å². The first-order valence-corrected chi connectivity index (χ1v) is 10.2. The third-order valence-corrected chi connectivity index (χ3v) is 5.04. The zero-order valence-corrected chi connectivity index (χ0v) is 15.1. The number of aliphatic imine (C=N–C) groups is 1. The van der Waals surface area contributed by atoms with E-state index in [0.29, 0.717) is 29.8 Å². The molecule has 0 aliphatic heterocycles. The molecule has 0 radical (unpaired) electrons. The maximum atomic E-state index is 11.1. The van der Waals surface area contributed by atoms with Crippen LogP contribution in [0, 0.1) is 0 Å². The minimum absolute atomic E-state index is 0.135. The van der Waals surface area contributed by atoms with E-state index in [9.17, 15) is 13.5 Å². The van der Waals surface area contributed by atoms with Crippen molar-refractivity contribution < 1.29 is 13.5 Å². The summed E-state index contributed by atoms with van der Waals surface area (Å²) in [5.41, 5.74) is 0. The van der Waals surface area contributed by atoms with Gasteiger partial charge in [0, 0.05) is 24.2 Å². The molecule has 3 N–H and O–H groups in total. The van der Waals surface area contributed by atoms with Gasteiger partial charge in [-0.25, -0.2) is 8.42 Å². The molecule has 1 aromatic heterocycles. The maximum Gasteiger partial charge on any atom is 0.191 e. The van der Waals surface area contributed by atoms with Crippen LogP contribution in [-0.2, 0) is 9.84 Å². The molecule has 1 rings (SSSR count). The topological polar surface area (TPSA) is 90.8 Å². The van der Waals surface area contributed by atoms with Crippen LogP contribution in [0.25, 0.3) is 0 Å². The van der Waals surface area contributed by atoms with Crippen LogP contribution in [0.1, 0.15) is 24.3 Å². The molecular weight excluding hydrogens is 346 g/mol. The van der Waals surface area contributed by atoms with E-state index in [1.807, 2.05) is 6.92 Å². The van der Waals surface area contributed by atoms with Crippen molar-refractivity contribution in [1.29, 1.82) is 0 Å². The number of halogens is 1. The highest BCUT2D eigenvalue weighted by molar-refractivity contribution is 7.90. The number of sulfone groups is 1. The van der Waals surface area contributed by atoms with Crippen LogP contribution in [0.3, 0.4) is 0 Å². The average Bonchev–Trinajstić information content (AvgIpc) is 2.86. The largest absolute Gasteiger partial charge is 0.386 e. The van der Waals surface area contributed by atoms with Crippen LogP contribution in [0.5, 0.6) is 0 Å². The van der Waals surface area contributed by atoms with Gasteiger partial charge in [0.15, 0.2) is 5.96 Å². The van der Waals surface area contributed by atoms with E-state index in [1.165, 1.54) is 17.6 Å². The number of aliphatic hydroxyl groups excluding tert-OH is 1. The van der Waals surface area contributed by atoms with Crippen molar-refractivity contribution in [2.45, 2.75) is 19.4 Å². The van der Waals surface area contributed by atoms with Crippen molar-refractivity contribution in [3.63, 3.8) is 0 Å². The number of hydrogen-bond donors (Lipinski definition) is 3. The Morgan fingerprint density at radius 3 is 2.73 bits per heavy atom. The second-order valence-electron chi connectivity index (χ2n) is 4.79. The standard InChI is InChI=1S/C13H22ClN3O3S2/c1-3-15-13(16-7-4-8-22(2,19)20)17-9-10(18)11-5-6-12(14)21-11/h5-6,10,18H,3-4,7-9H2,1-2H3,(H2,15,16,17). The highest BCUT2D eigenvalue weighted by Gasteiger charge is 2.10. The molecule has 0 amide bonds. The zero-order chi connectivity index (χ0) is 16.6. The number of rotatable bonds is 8. The Kier molecular flexibility index (Phi) is 8.16. The zero-order valence-electron chi connectivity index (χ0n) is 12.7. The van der Waals surface area contributed by atoms with E-state index >= 15 is 0 Å². The van der Waals surface area contributed by atoms with Gasteiger partial charge in [-0.1, -0.05) is 11.6 Å². The van der Waals surface area contributed by atoms with Gasteiger partial charge in [-0.15, -0.1) is 11.3 Å². The van der Waals surface area contributed by atoms with Crippen LogP contribution >= 0.6 is 22.9 Å². The van der Waals surface area contributed by atoms with Gasteiger partial charge in [-0.05, 0) is 25.5 Å². The Balaban J connectivity index is 2.47. The molecule has 0 aliphatic rings. The van der Waals surface area contributed by atoms with Crippen molar-refractivity contribution in [3.05, 3.63) is 21.3 Å². The molecule has 0 aliphatic carbocycles. The Bertz CT molecular complexity index is 587. The quantitative estimate of drug-likeness (QED) is 0.367. The van der Waals surface area contributed by atoms with Crippen molar-refractivity contribution in [2.75, 3.05) is 31.6 Å². The lowest BCUT2D eigenvalue weighted by atomic mass is 10.3. The first-order valence-electron chi connectivity index (χ1n) is 6.95. The minimum Gasteiger partial charge on any atom is -0.386 e. The monoisotopic (exact) mass is 367 g/mol. The Morgan fingerprint density at radius 2 is 2.18 bits per heavy atom. The molecule has 126 valence electrons. The van der Waals surface area contributed by atoms with Gasteiger partial charge < -0.3 is 15.7 Å². The summed E-state index contributed by atoms with van der Waals surface area (Å²) in [5, 5.41) is 16.1. The molecule has 0 spiro atoms. The highest BCUT2D eigenvalue weighted by atomic mass is 35.5. The van der Waals surface area contributed by atoms with Gasteiger partial charge in [-0.3, -0.25) is 4.99 Å². The van der Waals surface area contributed by atoms with E-state index in [-0.39, 0.29) is 12.3 Å². The highest BCUT2D eigenvalue weighted by Crippen LogP contribution is 2.26. The third kappa shape index (κ3) is 7.98. The van der Waals surface area contributed by atoms with E-state index in [0.717, 1.165) is 4.88 Å². The van der Waals surface area contributed by atoms with Crippen molar-refractivity contribution in [1.82, 2.24) is 10.6 Å². The molecule has 0 bridgehead atoms. The summed E-state index contributed by atoms with van der Waals surface area (Å²) in [5.74, 6) is 0.688. The summed E-state index contributed by atoms with van der Waals surface area (Å²) >= 11 is 7.16. The number of nitrogens with zero attached hydrogens (tertiary/aromatic N) is 1. The van der Waals surface area contributed by atoms with Crippen molar-refractivity contribution in [2.24, 2.45) is 4.99 Å². The number of guanidine groups is 1. The molecule has 1 aromatic rings. The molecular formula is C13H22ClN3O3S2. The average molecular weight is 368 g/mol. The molecule has 1 heterocycles. The van der Waals surface area contributed by atoms with E-state index < -0.39 is 15.9 Å². The molecule has 1 unspecified atom stereocenters. The molecule has 0 aromatic carbocycles. The van der Waals surface area contributed by atoms with Crippen LogP contribution in [0.15, 0.2) is 17.1 Å². The summed E-state index contributed by atoms with van der Waals surface area (Å²) < 4.78 is 22.7. The lowest BCUT2D eigenvalue weighted by Crippen LogP contribution is -2.38. The minimum atomic E-state index is -2.95. The molecule has 6 nitrogen and oxygen atoms in total. The molecule has 1 atom stereocenters. The first-order chi connectivity index (χ1) is 10.3. The summed E-state index contributed by atoms with van der Waals surface area (Å²) in [7, 11) is -2.95. The van der Waals surface area contributed by atoms with Crippen molar-refractivity contribution >= 4 is 38.7 Å². The van der Waals surface area contributed by atoms with Gasteiger partial charge >= 0.3 is 0 Å². The smallest absolute Gasteiger partial charge is 0.191 e. The summed E-state index contributed by atoms with van der Waals surface area (Å²) in [6.07, 6.45) is 1.02. The fourth-order valence-electron chi connectivity index (χ4n) is 1.66. The summed E-state index contributed by atoms with van der Waals surface area (Å²) in [6.45, 7) is 3.32. The molecule has 22 heavy (non-hydrogen) atoms. The molecule has 9 heteroatoms. The predicted octanol–water partition coefficient (Wildman–Crippen LogP) is 1.42. The van der Waals surface area contributed by atoms with Crippen molar-refractivity contribution in [3.8, 4) is 0 Å². The van der Waals surface area contributed by atoms with Crippen LogP contribution in [0.4, 0.5) is 0 Å².